The van der Waals surface area contributed by atoms with Crippen LogP contribution in [0.4, 0.5) is 9.18 Å². The Morgan fingerprint density at radius 3 is 2.62 bits per heavy atom. The molecule has 2 aliphatic rings. The molecule has 2 aromatic rings. The minimum absolute atomic E-state index is 0.193. The summed E-state index contributed by atoms with van der Waals surface area (Å²) in [7, 11) is 0. The normalized spacial score (nSPS) is 16.9. The second-order valence-electron chi connectivity index (χ2n) is 9.09. The quantitative estimate of drug-likeness (QED) is 0.772. The number of nitrogens with zero attached hydrogens (tertiary/aromatic N) is 5. The Labute approximate surface area is 187 Å². The van der Waals surface area contributed by atoms with Gasteiger partial charge in [0.1, 0.15) is 11.6 Å². The molecule has 3 heterocycles. The van der Waals surface area contributed by atoms with Crippen LogP contribution in [0.15, 0.2) is 24.3 Å². The van der Waals surface area contributed by atoms with Crippen LogP contribution in [0.1, 0.15) is 56.2 Å². The van der Waals surface area contributed by atoms with Crippen molar-refractivity contribution in [3.05, 3.63) is 47.3 Å². The summed E-state index contributed by atoms with van der Waals surface area (Å²) in [5.74, 6) is 2.33. The lowest BCUT2D eigenvalue weighted by Crippen LogP contribution is -2.44. The first kappa shape index (κ1) is 22.2. The van der Waals surface area contributed by atoms with E-state index < -0.39 is 0 Å². The zero-order valence-corrected chi connectivity index (χ0v) is 18.8. The maximum Gasteiger partial charge on any atom is 0.318 e. The van der Waals surface area contributed by atoms with Crippen molar-refractivity contribution in [2.24, 2.45) is 5.92 Å². The van der Waals surface area contributed by atoms with Gasteiger partial charge >= 0.3 is 6.03 Å². The second-order valence-corrected chi connectivity index (χ2v) is 9.09. The number of likely N-dealkylation sites (tertiary alicyclic amines) is 1. The number of urea groups is 1. The van der Waals surface area contributed by atoms with Gasteiger partial charge in [0.05, 0.1) is 6.54 Å². The maximum absolute atomic E-state index is 13.3. The molecule has 1 N–H and O–H groups in total. The molecular formula is C23H31FN6O2. The van der Waals surface area contributed by atoms with Gasteiger partial charge in [-0.2, -0.15) is 0 Å². The monoisotopic (exact) mass is 442 g/mol. The van der Waals surface area contributed by atoms with E-state index in [4.69, 9.17) is 0 Å². The summed E-state index contributed by atoms with van der Waals surface area (Å²) in [6, 6.07) is 6.02. The average molecular weight is 443 g/mol. The van der Waals surface area contributed by atoms with Gasteiger partial charge in [-0.05, 0) is 36.5 Å². The van der Waals surface area contributed by atoms with E-state index in [0.717, 1.165) is 43.1 Å². The van der Waals surface area contributed by atoms with Crippen molar-refractivity contribution in [1.82, 2.24) is 29.9 Å². The van der Waals surface area contributed by atoms with E-state index in [-0.39, 0.29) is 30.2 Å². The first-order valence-electron chi connectivity index (χ1n) is 11.4. The number of benzene rings is 1. The molecule has 0 bridgehead atoms. The summed E-state index contributed by atoms with van der Waals surface area (Å²) in [5, 5.41) is 11.6. The summed E-state index contributed by atoms with van der Waals surface area (Å²) in [6.07, 6.45) is 2.38. The van der Waals surface area contributed by atoms with Crippen LogP contribution in [0.5, 0.6) is 0 Å². The Hall–Kier alpha value is -2.97. The molecule has 1 aromatic carbocycles. The van der Waals surface area contributed by atoms with Crippen molar-refractivity contribution < 1.29 is 14.0 Å². The molecule has 0 aliphatic carbocycles. The third-order valence-electron chi connectivity index (χ3n) is 6.20. The number of rotatable bonds is 5. The summed E-state index contributed by atoms with van der Waals surface area (Å²) < 4.78 is 15.4. The van der Waals surface area contributed by atoms with Crippen molar-refractivity contribution in [2.75, 3.05) is 19.6 Å². The Morgan fingerprint density at radius 1 is 1.12 bits per heavy atom. The van der Waals surface area contributed by atoms with Gasteiger partial charge < -0.3 is 19.7 Å². The van der Waals surface area contributed by atoms with Crippen molar-refractivity contribution in [3.8, 4) is 0 Å². The number of hydrogen-bond donors (Lipinski definition) is 1. The standard InChI is InChI=1S/C23H31FN6O2/c1-16(2)12-21(31)28-8-6-18(7-9-28)22-27-26-20-15-29(10-11-30(20)22)23(32)25-14-17-4-3-5-19(24)13-17/h3-5,13,16,18H,6-12,14-15H2,1-2H3,(H,25,32). The molecule has 32 heavy (non-hydrogen) atoms. The van der Waals surface area contributed by atoms with E-state index in [9.17, 15) is 14.0 Å². The first-order valence-corrected chi connectivity index (χ1v) is 11.4. The molecule has 172 valence electrons. The van der Waals surface area contributed by atoms with E-state index in [2.05, 4.69) is 33.9 Å². The van der Waals surface area contributed by atoms with Crippen LogP contribution in [0.3, 0.4) is 0 Å². The molecule has 0 spiro atoms. The predicted octanol–water partition coefficient (Wildman–Crippen LogP) is 2.89. The summed E-state index contributed by atoms with van der Waals surface area (Å²) in [4.78, 5) is 28.6. The molecule has 2 aliphatic heterocycles. The number of aromatic nitrogens is 3. The molecule has 8 nitrogen and oxygen atoms in total. The van der Waals surface area contributed by atoms with E-state index in [1.807, 2.05) is 4.90 Å². The second kappa shape index (κ2) is 9.67. The van der Waals surface area contributed by atoms with Gasteiger partial charge in [-0.3, -0.25) is 4.79 Å². The molecule has 0 saturated carbocycles. The molecule has 9 heteroatoms. The number of fused-ring (bicyclic) bond motifs is 1. The van der Waals surface area contributed by atoms with Crippen LogP contribution in [-0.2, 0) is 24.4 Å². The van der Waals surface area contributed by atoms with E-state index in [0.29, 0.717) is 32.0 Å². The van der Waals surface area contributed by atoms with Gasteiger partial charge in [-0.15, -0.1) is 10.2 Å². The number of hydrogen-bond acceptors (Lipinski definition) is 4. The fourth-order valence-corrected chi connectivity index (χ4v) is 4.46. The average Bonchev–Trinajstić information content (AvgIpc) is 3.20. The summed E-state index contributed by atoms with van der Waals surface area (Å²) in [5.41, 5.74) is 0.721. The van der Waals surface area contributed by atoms with Gasteiger partial charge in [-0.25, -0.2) is 9.18 Å². The molecule has 1 aromatic heterocycles. The van der Waals surface area contributed by atoms with Crippen LogP contribution in [0.2, 0.25) is 0 Å². The SMILES string of the molecule is CC(C)CC(=O)N1CCC(c2nnc3n2CCN(C(=O)NCc2cccc(F)c2)C3)CC1. The first-order chi connectivity index (χ1) is 15.4. The van der Waals surface area contributed by atoms with Crippen molar-refractivity contribution >= 4 is 11.9 Å². The van der Waals surface area contributed by atoms with Crippen LogP contribution in [0.25, 0.3) is 0 Å². The molecule has 1 saturated heterocycles. The molecule has 0 radical (unpaired) electrons. The van der Waals surface area contributed by atoms with E-state index in [1.54, 1.807) is 17.0 Å². The fraction of sp³-hybridized carbons (Fsp3) is 0.565. The van der Waals surface area contributed by atoms with E-state index >= 15 is 0 Å². The highest BCUT2D eigenvalue weighted by atomic mass is 19.1. The lowest BCUT2D eigenvalue weighted by Gasteiger charge is -2.33. The highest BCUT2D eigenvalue weighted by Gasteiger charge is 2.31. The Bertz CT molecular complexity index is 967. The number of halogens is 1. The van der Waals surface area contributed by atoms with E-state index in [1.165, 1.54) is 12.1 Å². The molecule has 3 amide bonds. The summed E-state index contributed by atoms with van der Waals surface area (Å²) >= 11 is 0. The number of carbonyl (C=O) groups excluding carboxylic acids is 2. The Balaban J connectivity index is 1.31. The van der Waals surface area contributed by atoms with Gasteiger partial charge in [0.25, 0.3) is 0 Å². The number of piperidine rings is 1. The molecule has 0 atom stereocenters. The highest BCUT2D eigenvalue weighted by Crippen LogP contribution is 2.29. The van der Waals surface area contributed by atoms with Crippen LogP contribution in [0, 0.1) is 11.7 Å². The Morgan fingerprint density at radius 2 is 1.91 bits per heavy atom. The Kier molecular flexibility index (Phi) is 6.72. The molecular weight excluding hydrogens is 411 g/mol. The zero-order chi connectivity index (χ0) is 22.7. The van der Waals surface area contributed by atoms with Crippen LogP contribution < -0.4 is 5.32 Å². The third-order valence-corrected chi connectivity index (χ3v) is 6.20. The van der Waals surface area contributed by atoms with Gasteiger partial charge in [-0.1, -0.05) is 26.0 Å². The van der Waals surface area contributed by atoms with Crippen LogP contribution in [-0.4, -0.2) is 56.1 Å². The highest BCUT2D eigenvalue weighted by molar-refractivity contribution is 5.76. The largest absolute Gasteiger partial charge is 0.343 e. The number of carbonyl (C=O) groups is 2. The molecule has 1 fully saturated rings. The van der Waals surface area contributed by atoms with Crippen molar-refractivity contribution in [1.29, 1.82) is 0 Å². The smallest absolute Gasteiger partial charge is 0.318 e. The van der Waals surface area contributed by atoms with Crippen LogP contribution >= 0.6 is 0 Å². The van der Waals surface area contributed by atoms with Crippen molar-refractivity contribution in [3.63, 3.8) is 0 Å². The molecule has 4 rings (SSSR count). The van der Waals surface area contributed by atoms with Crippen molar-refractivity contribution in [2.45, 2.75) is 58.7 Å². The predicted molar refractivity (Wildman–Crippen MR) is 117 cm³/mol. The van der Waals surface area contributed by atoms with Gasteiger partial charge in [0, 0.05) is 45.1 Å². The number of nitrogens with one attached hydrogen (secondary N) is 1. The minimum atomic E-state index is -0.314. The molecule has 0 unspecified atom stereocenters. The van der Waals surface area contributed by atoms with Gasteiger partial charge in [0.15, 0.2) is 5.82 Å². The van der Waals surface area contributed by atoms with Gasteiger partial charge in [0.2, 0.25) is 5.91 Å². The topological polar surface area (TPSA) is 83.4 Å². The zero-order valence-electron chi connectivity index (χ0n) is 18.8. The maximum atomic E-state index is 13.3. The minimum Gasteiger partial charge on any atom is -0.343 e. The fourth-order valence-electron chi connectivity index (χ4n) is 4.46. The lowest BCUT2D eigenvalue weighted by atomic mass is 9.95. The third kappa shape index (κ3) is 5.08. The summed E-state index contributed by atoms with van der Waals surface area (Å²) in [6.45, 7) is 7.54. The number of amides is 3. The lowest BCUT2D eigenvalue weighted by molar-refractivity contribution is -0.133.